The van der Waals surface area contributed by atoms with Crippen LogP contribution in [0.1, 0.15) is 5.56 Å². The molecule has 3 N–H and O–H groups in total. The van der Waals surface area contributed by atoms with Crippen LogP contribution in [0, 0.1) is 3.82 Å². The number of esters is 1. The van der Waals surface area contributed by atoms with E-state index >= 15 is 0 Å². The number of rotatable bonds is 6. The van der Waals surface area contributed by atoms with Crippen molar-refractivity contribution in [2.24, 2.45) is 0 Å². The van der Waals surface area contributed by atoms with Crippen LogP contribution < -0.4 is 10.1 Å². The van der Waals surface area contributed by atoms with Gasteiger partial charge in [-0.05, 0) is 35.4 Å². The largest absolute Gasteiger partial charge is 0.504 e. The fourth-order valence-electron chi connectivity index (χ4n) is 2.64. The molecule has 30 heavy (non-hydrogen) atoms. The predicted octanol–water partition coefficient (Wildman–Crippen LogP) is 4.49. The number of phenolic OH excluding ortho intramolecular Hbond substituents is 2. The molecule has 0 spiro atoms. The zero-order chi connectivity index (χ0) is 21.7. The number of hydrogen-bond acceptors (Lipinski definition) is 9. The number of carbonyl (C=O) groups is 2. The van der Waals surface area contributed by atoms with Crippen molar-refractivity contribution in [3.63, 3.8) is 0 Å². The highest BCUT2D eigenvalue weighted by molar-refractivity contribution is 7.79. The normalized spacial score (nSPS) is 11.5. The molecule has 10 heteroatoms. The van der Waals surface area contributed by atoms with E-state index in [2.05, 4.69) is 5.32 Å². The first-order valence-electron chi connectivity index (χ1n) is 8.62. The molecule has 0 aliphatic carbocycles. The van der Waals surface area contributed by atoms with Crippen LogP contribution in [-0.4, -0.2) is 35.4 Å². The van der Waals surface area contributed by atoms with Crippen molar-refractivity contribution in [1.29, 1.82) is 0 Å². The van der Waals surface area contributed by atoms with Crippen LogP contribution in [-0.2, 0) is 16.0 Å². The van der Waals surface area contributed by atoms with Gasteiger partial charge in [0.15, 0.2) is 11.5 Å². The molecule has 2 aromatic carbocycles. The number of nitrogens with one attached hydrogen (secondary N) is 1. The summed E-state index contributed by atoms with van der Waals surface area (Å²) >= 11 is 5.28. The van der Waals surface area contributed by atoms with Gasteiger partial charge >= 0.3 is 12.1 Å². The van der Waals surface area contributed by atoms with Crippen molar-refractivity contribution in [2.45, 2.75) is 12.5 Å². The molecule has 0 aliphatic rings. The molecule has 1 heterocycles. The lowest BCUT2D eigenvalue weighted by Crippen LogP contribution is -2.44. The van der Waals surface area contributed by atoms with Crippen molar-refractivity contribution in [3.8, 4) is 28.4 Å². The first-order valence-corrected chi connectivity index (χ1v) is 11.2. The Labute approximate surface area is 184 Å². The quantitative estimate of drug-likeness (QED) is 0.214. The molecule has 1 atom stereocenters. The Morgan fingerprint density at radius 2 is 1.87 bits per heavy atom. The lowest BCUT2D eigenvalue weighted by atomic mass is 10.1. The first-order chi connectivity index (χ1) is 14.4. The average molecular weight is 464 g/mol. The van der Waals surface area contributed by atoms with Gasteiger partial charge in [-0.3, -0.25) is 0 Å². The van der Waals surface area contributed by atoms with Gasteiger partial charge < -0.3 is 25.0 Å². The van der Waals surface area contributed by atoms with Gasteiger partial charge in [-0.15, -0.1) is 0 Å². The maximum atomic E-state index is 12.3. The van der Waals surface area contributed by atoms with E-state index in [4.69, 9.17) is 21.7 Å². The van der Waals surface area contributed by atoms with Gasteiger partial charge in [-0.1, -0.05) is 51.1 Å². The molecule has 0 radical (unpaired) electrons. The molecule has 3 aromatic rings. The Morgan fingerprint density at radius 1 is 1.13 bits per heavy atom. The minimum atomic E-state index is -1.04. The van der Waals surface area contributed by atoms with Gasteiger partial charge in [0.05, 0.1) is 7.11 Å². The second-order valence-electron chi connectivity index (χ2n) is 6.16. The molecule has 0 bridgehead atoms. The minimum absolute atomic E-state index is 0.0372. The summed E-state index contributed by atoms with van der Waals surface area (Å²) in [5, 5.41) is 23.4. The lowest BCUT2D eigenvalue weighted by Gasteiger charge is -2.16. The molecule has 156 valence electrons. The summed E-state index contributed by atoms with van der Waals surface area (Å²) in [4.78, 5) is 24.3. The summed E-state index contributed by atoms with van der Waals surface area (Å²) in [5.74, 6) is -0.985. The van der Waals surface area contributed by atoms with E-state index in [1.165, 1.54) is 35.6 Å². The van der Waals surface area contributed by atoms with Crippen LogP contribution in [0.2, 0.25) is 0 Å². The number of methoxy groups -OCH3 is 1. The Kier molecular flexibility index (Phi) is 7.03. The van der Waals surface area contributed by atoms with E-state index in [1.807, 2.05) is 5.38 Å². The number of amides is 1. The minimum Gasteiger partial charge on any atom is -0.504 e. The molecule has 3 rings (SSSR count). The van der Waals surface area contributed by atoms with Crippen LogP contribution in [0.4, 0.5) is 4.79 Å². The van der Waals surface area contributed by atoms with E-state index in [0.717, 1.165) is 15.0 Å². The lowest BCUT2D eigenvalue weighted by molar-refractivity contribution is -0.142. The van der Waals surface area contributed by atoms with Crippen LogP contribution >= 0.6 is 32.9 Å². The molecule has 0 aliphatic heterocycles. The summed E-state index contributed by atoms with van der Waals surface area (Å²) in [6, 6.07) is 9.94. The number of ether oxygens (including phenoxy) is 2. The highest BCUT2D eigenvalue weighted by Crippen LogP contribution is 2.29. The van der Waals surface area contributed by atoms with Gasteiger partial charge in [0.2, 0.25) is 0 Å². The van der Waals surface area contributed by atoms with Crippen LogP contribution in [0.5, 0.6) is 17.2 Å². The van der Waals surface area contributed by atoms with Crippen LogP contribution in [0.25, 0.3) is 11.1 Å². The number of benzene rings is 2. The molecule has 0 unspecified atom stereocenters. The zero-order valence-corrected chi connectivity index (χ0v) is 18.1. The highest BCUT2D eigenvalue weighted by Gasteiger charge is 2.23. The summed E-state index contributed by atoms with van der Waals surface area (Å²) in [6.07, 6.45) is -0.793. The summed E-state index contributed by atoms with van der Waals surface area (Å²) in [5.41, 5.74) is 2.39. The second-order valence-corrected chi connectivity index (χ2v) is 8.91. The molecular weight excluding hydrogens is 446 g/mol. The topological polar surface area (TPSA) is 105 Å². The second kappa shape index (κ2) is 9.70. The number of aromatic hydroxyl groups is 2. The third kappa shape index (κ3) is 5.35. The van der Waals surface area contributed by atoms with Crippen molar-refractivity contribution < 1.29 is 29.3 Å². The number of carbonyl (C=O) groups excluding carboxylic acids is 2. The van der Waals surface area contributed by atoms with Gasteiger partial charge in [0.1, 0.15) is 15.6 Å². The van der Waals surface area contributed by atoms with Gasteiger partial charge in [-0.25, -0.2) is 9.59 Å². The van der Waals surface area contributed by atoms with Gasteiger partial charge in [0, 0.05) is 17.4 Å². The molecule has 0 fully saturated rings. The fourth-order valence-corrected chi connectivity index (χ4v) is 5.04. The molecule has 0 saturated carbocycles. The summed E-state index contributed by atoms with van der Waals surface area (Å²) < 4.78 is 10.8. The monoisotopic (exact) mass is 463 g/mol. The maximum absolute atomic E-state index is 12.3. The zero-order valence-electron chi connectivity index (χ0n) is 15.7. The highest BCUT2D eigenvalue weighted by atomic mass is 32.9. The molecule has 1 aromatic heterocycles. The van der Waals surface area contributed by atoms with E-state index in [1.54, 1.807) is 34.6 Å². The van der Waals surface area contributed by atoms with E-state index in [9.17, 15) is 19.8 Å². The van der Waals surface area contributed by atoms with Crippen LogP contribution in [0.3, 0.4) is 0 Å². The molecule has 7 nitrogen and oxygen atoms in total. The standard InChI is InChI=1S/C20H17NO6S3/c1-26-18(24)15(8-11-2-7-16(22)17(23)9-11)21-20(25)27-13-5-3-12(4-6-13)14-10-29-30-19(14)28/h2-7,9-10,15,22-23H,8H2,1H3,(H,21,25)/t15-/m0/s1. The number of hydrogen-bond donors (Lipinski definition) is 3. The Morgan fingerprint density at radius 3 is 2.47 bits per heavy atom. The Hall–Kier alpha value is -2.95. The van der Waals surface area contributed by atoms with Crippen LogP contribution in [0.15, 0.2) is 47.8 Å². The van der Waals surface area contributed by atoms with Crippen molar-refractivity contribution in [1.82, 2.24) is 5.32 Å². The molecule has 1 amide bonds. The van der Waals surface area contributed by atoms with E-state index in [-0.39, 0.29) is 17.9 Å². The Bertz CT molecular complexity index is 1110. The van der Waals surface area contributed by atoms with Gasteiger partial charge in [-0.2, -0.15) is 0 Å². The van der Waals surface area contributed by atoms with Crippen molar-refractivity contribution in [3.05, 3.63) is 57.2 Å². The van der Waals surface area contributed by atoms with Gasteiger partial charge in [0.25, 0.3) is 0 Å². The summed E-state index contributed by atoms with van der Waals surface area (Å²) in [7, 11) is 4.28. The Balaban J connectivity index is 1.66. The fraction of sp³-hybridized carbons (Fsp3) is 0.150. The van der Waals surface area contributed by atoms with Crippen molar-refractivity contribution in [2.75, 3.05) is 7.11 Å². The predicted molar refractivity (Wildman–Crippen MR) is 117 cm³/mol. The summed E-state index contributed by atoms with van der Waals surface area (Å²) in [6.45, 7) is 0. The number of phenols is 2. The third-order valence-electron chi connectivity index (χ3n) is 4.14. The smallest absolute Gasteiger partial charge is 0.413 e. The molecular formula is C20H17NO6S3. The average Bonchev–Trinajstić information content (AvgIpc) is 3.16. The maximum Gasteiger partial charge on any atom is 0.413 e. The van der Waals surface area contributed by atoms with Crippen molar-refractivity contribution >= 4 is 45.0 Å². The molecule has 0 saturated heterocycles. The SMILES string of the molecule is COC(=O)[C@H](Cc1ccc(O)c(O)c1)NC(=O)Oc1ccc(-c2cssc2=S)cc1. The first kappa shape index (κ1) is 21.8. The van der Waals surface area contributed by atoms with E-state index < -0.39 is 18.1 Å². The third-order valence-corrected chi connectivity index (χ3v) is 6.81. The van der Waals surface area contributed by atoms with E-state index in [0.29, 0.717) is 11.3 Å².